The number of piperazine rings is 1. The normalized spacial score (nSPS) is 18.3. The molecule has 17 heavy (non-hydrogen) atoms. The maximum Gasteiger partial charge on any atom is 0.190 e. The Morgan fingerprint density at radius 2 is 2.00 bits per heavy atom. The van der Waals surface area contributed by atoms with Gasteiger partial charge in [-0.05, 0) is 13.3 Å². The Morgan fingerprint density at radius 1 is 1.29 bits per heavy atom. The summed E-state index contributed by atoms with van der Waals surface area (Å²) in [5.74, 6) is 0.763. The van der Waals surface area contributed by atoms with E-state index in [9.17, 15) is 0 Å². The van der Waals surface area contributed by atoms with Crippen LogP contribution in [0.15, 0.2) is 11.2 Å². The quantitative estimate of drug-likeness (QED) is 0.511. The van der Waals surface area contributed by atoms with Crippen molar-refractivity contribution in [2.24, 2.45) is 0 Å². The van der Waals surface area contributed by atoms with E-state index in [0.29, 0.717) is 10.3 Å². The van der Waals surface area contributed by atoms with Crippen molar-refractivity contribution in [3.05, 3.63) is 11.2 Å². The van der Waals surface area contributed by atoms with Gasteiger partial charge in [0.25, 0.3) is 0 Å². The van der Waals surface area contributed by atoms with Gasteiger partial charge < -0.3 is 10.3 Å². The third-order valence-corrected chi connectivity index (χ3v) is 3.37. The van der Waals surface area contributed by atoms with Crippen LogP contribution in [-0.4, -0.2) is 59.4 Å². The van der Waals surface area contributed by atoms with E-state index in [1.54, 1.807) is 6.07 Å². The van der Waals surface area contributed by atoms with E-state index in [0.717, 1.165) is 32.0 Å². The number of rotatable bonds is 3. The Labute approximate surface area is 111 Å². The minimum absolute atomic E-state index is 0.473. The van der Waals surface area contributed by atoms with E-state index in [-0.39, 0.29) is 0 Å². The van der Waals surface area contributed by atoms with Crippen LogP contribution in [-0.2, 0) is 0 Å². The first-order valence-corrected chi connectivity index (χ1v) is 7.06. The van der Waals surface area contributed by atoms with Crippen LogP contribution in [0.3, 0.4) is 0 Å². The Kier molecular flexibility index (Phi) is 4.44. The first kappa shape index (κ1) is 12.9. The molecule has 1 N–H and O–H groups in total. The molecule has 0 unspecified atom stereocenters. The van der Waals surface area contributed by atoms with Gasteiger partial charge in [0, 0.05) is 32.2 Å². The predicted octanol–water partition coefficient (Wildman–Crippen LogP) is 1.43. The number of halogens is 1. The molecule has 0 saturated carbocycles. The van der Waals surface area contributed by atoms with Crippen LogP contribution in [0.2, 0.25) is 5.15 Å². The van der Waals surface area contributed by atoms with Gasteiger partial charge in [-0.3, -0.25) is 0 Å². The van der Waals surface area contributed by atoms with Gasteiger partial charge in [0.05, 0.1) is 0 Å². The van der Waals surface area contributed by atoms with E-state index in [1.807, 2.05) is 6.26 Å². The maximum absolute atomic E-state index is 5.94. The van der Waals surface area contributed by atoms with Crippen molar-refractivity contribution in [2.45, 2.75) is 5.16 Å². The van der Waals surface area contributed by atoms with Crippen molar-refractivity contribution in [3.8, 4) is 0 Å². The van der Waals surface area contributed by atoms with Crippen LogP contribution >= 0.6 is 23.4 Å². The maximum atomic E-state index is 5.94. The molecule has 7 heteroatoms. The summed E-state index contributed by atoms with van der Waals surface area (Å²) in [6, 6.07) is 1.75. The summed E-state index contributed by atoms with van der Waals surface area (Å²) < 4.78 is 0. The highest BCUT2D eigenvalue weighted by molar-refractivity contribution is 7.98. The predicted molar refractivity (Wildman–Crippen MR) is 71.5 cm³/mol. The van der Waals surface area contributed by atoms with Gasteiger partial charge >= 0.3 is 0 Å². The molecule has 1 aromatic rings. The van der Waals surface area contributed by atoms with Gasteiger partial charge in [-0.1, -0.05) is 23.4 Å². The molecule has 0 amide bonds. The molecule has 0 aliphatic carbocycles. The van der Waals surface area contributed by atoms with Gasteiger partial charge in [-0.25, -0.2) is 15.0 Å². The number of thioether (sulfide) groups is 1. The van der Waals surface area contributed by atoms with Gasteiger partial charge in [0.15, 0.2) is 5.16 Å². The highest BCUT2D eigenvalue weighted by Crippen LogP contribution is 2.17. The minimum Gasteiger partial charge on any atom is -0.304 e. The third kappa shape index (κ3) is 3.70. The highest BCUT2D eigenvalue weighted by atomic mass is 35.5. The van der Waals surface area contributed by atoms with E-state index < -0.39 is 0 Å². The summed E-state index contributed by atoms with van der Waals surface area (Å²) in [6.07, 6.45) is 1.94. The van der Waals surface area contributed by atoms with Crippen molar-refractivity contribution in [2.75, 3.05) is 44.9 Å². The molecular weight excluding hydrogens is 258 g/mol. The SMILES string of the molecule is CSc1nc(Cl)cc(NN2CCN(C)CC2)n1. The average molecular weight is 274 g/mol. The number of hydrogen-bond acceptors (Lipinski definition) is 6. The molecule has 1 aliphatic rings. The first-order chi connectivity index (χ1) is 8.17. The Balaban J connectivity index is 2.00. The summed E-state index contributed by atoms with van der Waals surface area (Å²) in [6.45, 7) is 4.07. The van der Waals surface area contributed by atoms with Crippen LogP contribution < -0.4 is 5.43 Å². The van der Waals surface area contributed by atoms with Crippen LogP contribution in [0.25, 0.3) is 0 Å². The van der Waals surface area contributed by atoms with Crippen LogP contribution in [0.4, 0.5) is 5.82 Å². The number of hydrogen-bond donors (Lipinski definition) is 1. The third-order valence-electron chi connectivity index (χ3n) is 2.63. The number of aromatic nitrogens is 2. The Morgan fingerprint density at radius 3 is 2.65 bits per heavy atom. The number of hydrazine groups is 1. The molecule has 1 aliphatic heterocycles. The average Bonchev–Trinajstić information content (AvgIpc) is 2.31. The fourth-order valence-electron chi connectivity index (χ4n) is 1.63. The number of nitrogens with one attached hydrogen (secondary N) is 1. The molecule has 0 aromatic carbocycles. The second-order valence-corrected chi connectivity index (χ2v) is 5.13. The highest BCUT2D eigenvalue weighted by Gasteiger charge is 2.14. The molecule has 94 valence electrons. The summed E-state index contributed by atoms with van der Waals surface area (Å²) in [7, 11) is 2.13. The first-order valence-electron chi connectivity index (χ1n) is 5.46. The molecule has 0 spiro atoms. The molecule has 1 aromatic heterocycles. The molecule has 0 atom stereocenters. The lowest BCUT2D eigenvalue weighted by Crippen LogP contribution is -2.47. The van der Waals surface area contributed by atoms with E-state index in [4.69, 9.17) is 11.6 Å². The summed E-state index contributed by atoms with van der Waals surface area (Å²) >= 11 is 7.42. The minimum atomic E-state index is 0.473. The van der Waals surface area contributed by atoms with Crippen LogP contribution in [0.1, 0.15) is 0 Å². The van der Waals surface area contributed by atoms with Crippen LogP contribution in [0, 0.1) is 0 Å². The second kappa shape index (κ2) is 5.86. The molecule has 2 rings (SSSR count). The molecule has 0 bridgehead atoms. The molecule has 2 heterocycles. The molecule has 1 fully saturated rings. The summed E-state index contributed by atoms with van der Waals surface area (Å²) in [4.78, 5) is 10.8. The standard InChI is InChI=1S/C10H16ClN5S/c1-15-3-5-16(6-4-15)14-9-7-8(11)12-10(13-9)17-2/h7H,3-6H2,1-2H3,(H,12,13,14). The number of anilines is 1. The summed E-state index contributed by atoms with van der Waals surface area (Å²) in [5, 5.41) is 3.32. The number of likely N-dealkylation sites (N-methyl/N-ethyl adjacent to an activating group) is 1. The lowest BCUT2D eigenvalue weighted by Gasteiger charge is -2.32. The largest absolute Gasteiger partial charge is 0.304 e. The Hall–Kier alpha value is -0.560. The monoisotopic (exact) mass is 273 g/mol. The molecule has 0 radical (unpaired) electrons. The van der Waals surface area contributed by atoms with Gasteiger partial charge in [-0.15, -0.1) is 0 Å². The smallest absolute Gasteiger partial charge is 0.190 e. The zero-order chi connectivity index (χ0) is 12.3. The zero-order valence-corrected chi connectivity index (χ0v) is 11.6. The molecule has 1 saturated heterocycles. The van der Waals surface area contributed by atoms with E-state index >= 15 is 0 Å². The fraction of sp³-hybridized carbons (Fsp3) is 0.600. The van der Waals surface area contributed by atoms with Crippen molar-refractivity contribution >= 4 is 29.2 Å². The second-order valence-electron chi connectivity index (χ2n) is 3.96. The lowest BCUT2D eigenvalue weighted by atomic mass is 10.4. The van der Waals surface area contributed by atoms with Crippen LogP contribution in [0.5, 0.6) is 0 Å². The van der Waals surface area contributed by atoms with Gasteiger partial charge in [-0.2, -0.15) is 0 Å². The van der Waals surface area contributed by atoms with Crippen molar-refractivity contribution in [1.82, 2.24) is 19.9 Å². The van der Waals surface area contributed by atoms with Gasteiger partial charge in [0.2, 0.25) is 0 Å². The molecular formula is C10H16ClN5S. The van der Waals surface area contributed by atoms with Crippen molar-refractivity contribution in [3.63, 3.8) is 0 Å². The van der Waals surface area contributed by atoms with E-state index in [2.05, 4.69) is 32.4 Å². The van der Waals surface area contributed by atoms with Crippen molar-refractivity contribution in [1.29, 1.82) is 0 Å². The van der Waals surface area contributed by atoms with Crippen molar-refractivity contribution < 1.29 is 0 Å². The topological polar surface area (TPSA) is 44.3 Å². The van der Waals surface area contributed by atoms with Gasteiger partial charge in [0.1, 0.15) is 11.0 Å². The fourth-order valence-corrected chi connectivity index (χ4v) is 2.24. The number of nitrogens with zero attached hydrogens (tertiary/aromatic N) is 4. The Bertz CT molecular complexity index is 381. The van der Waals surface area contributed by atoms with E-state index in [1.165, 1.54) is 11.8 Å². The lowest BCUT2D eigenvalue weighted by molar-refractivity contribution is 0.178. The summed E-state index contributed by atoms with van der Waals surface area (Å²) in [5.41, 5.74) is 3.27. The molecule has 5 nitrogen and oxygen atoms in total. The zero-order valence-electron chi connectivity index (χ0n) is 9.98.